The molecule has 12 nitrogen and oxygen atoms in total. The van der Waals surface area contributed by atoms with E-state index < -0.39 is 47.8 Å². The Hall–Kier alpha value is -3.74. The molecule has 3 heterocycles. The highest BCUT2D eigenvalue weighted by atomic mass is 19.1. The van der Waals surface area contributed by atoms with E-state index in [0.29, 0.717) is 26.2 Å². The van der Waals surface area contributed by atoms with Crippen molar-refractivity contribution in [3.8, 4) is 5.75 Å². The summed E-state index contributed by atoms with van der Waals surface area (Å²) >= 11 is 0. The number of piperidine rings is 1. The zero-order valence-electron chi connectivity index (χ0n) is 25.1. The number of halogens is 1. The minimum atomic E-state index is -1.23. The highest BCUT2D eigenvalue weighted by molar-refractivity contribution is 5.99. The summed E-state index contributed by atoms with van der Waals surface area (Å²) in [5.74, 6) is -3.50. The van der Waals surface area contributed by atoms with Crippen LogP contribution in [0.1, 0.15) is 40.5 Å². The zero-order chi connectivity index (χ0) is 31.4. The first-order chi connectivity index (χ1) is 20.2. The van der Waals surface area contributed by atoms with Crippen LogP contribution in [0.5, 0.6) is 5.75 Å². The zero-order valence-corrected chi connectivity index (χ0v) is 25.1. The lowest BCUT2D eigenvalue weighted by atomic mass is 9.96. The van der Waals surface area contributed by atoms with Crippen LogP contribution in [0, 0.1) is 34.9 Å². The maximum atomic E-state index is 14.2. The quantitative estimate of drug-likeness (QED) is 0.379. The summed E-state index contributed by atoms with van der Waals surface area (Å²) < 4.78 is 24.7. The minimum absolute atomic E-state index is 0.0712. The van der Waals surface area contributed by atoms with Crippen molar-refractivity contribution in [3.63, 3.8) is 0 Å². The van der Waals surface area contributed by atoms with Crippen molar-refractivity contribution in [2.75, 3.05) is 32.1 Å². The molecule has 2 saturated heterocycles. The first kappa shape index (κ1) is 30.7. The highest BCUT2D eigenvalue weighted by Crippen LogP contribution is 2.65. The van der Waals surface area contributed by atoms with Crippen molar-refractivity contribution < 1.29 is 37.8 Å². The lowest BCUT2D eigenvalue weighted by Crippen LogP contribution is -2.60. The van der Waals surface area contributed by atoms with Crippen molar-refractivity contribution in [2.45, 2.75) is 64.8 Å². The normalized spacial score (nSPS) is 28.2. The summed E-state index contributed by atoms with van der Waals surface area (Å²) in [6.07, 6.45) is -0.831. The first-order valence-electron chi connectivity index (χ1n) is 14.7. The molecule has 1 aromatic rings. The van der Waals surface area contributed by atoms with Crippen LogP contribution in [0.4, 0.5) is 10.1 Å². The third-order valence-corrected chi connectivity index (χ3v) is 9.62. The van der Waals surface area contributed by atoms with Crippen molar-refractivity contribution in [2.24, 2.45) is 34.8 Å². The number of nitrogens with one attached hydrogen (secondary N) is 2. The molecule has 1 saturated carbocycles. The summed E-state index contributed by atoms with van der Waals surface area (Å²) in [5.41, 5.74) is 5.70. The number of amides is 5. The number of rotatable bonds is 9. The highest BCUT2D eigenvalue weighted by Gasteiger charge is 2.70. The molecule has 13 heteroatoms. The van der Waals surface area contributed by atoms with Gasteiger partial charge in [0, 0.05) is 32.7 Å². The molecule has 43 heavy (non-hydrogen) atoms. The van der Waals surface area contributed by atoms with Crippen LogP contribution in [0.3, 0.4) is 0 Å². The van der Waals surface area contributed by atoms with E-state index in [1.54, 1.807) is 0 Å². The van der Waals surface area contributed by atoms with Crippen molar-refractivity contribution in [3.05, 3.63) is 24.0 Å². The van der Waals surface area contributed by atoms with Gasteiger partial charge in [0.1, 0.15) is 29.7 Å². The maximum absolute atomic E-state index is 14.2. The summed E-state index contributed by atoms with van der Waals surface area (Å²) in [5, 5.41) is 5.46. The van der Waals surface area contributed by atoms with E-state index in [-0.39, 0.29) is 58.8 Å². The van der Waals surface area contributed by atoms with E-state index in [1.807, 2.05) is 27.7 Å². The number of likely N-dealkylation sites (tertiary alicyclic amines) is 1. The molecule has 0 radical (unpaired) electrons. The van der Waals surface area contributed by atoms with Gasteiger partial charge in [-0.15, -0.1) is 0 Å². The van der Waals surface area contributed by atoms with Crippen molar-refractivity contribution in [1.29, 1.82) is 0 Å². The Bertz CT molecular complexity index is 1330. The average molecular weight is 602 g/mol. The van der Waals surface area contributed by atoms with Crippen LogP contribution >= 0.6 is 0 Å². The van der Waals surface area contributed by atoms with Crippen LogP contribution < -0.4 is 21.1 Å². The van der Waals surface area contributed by atoms with Gasteiger partial charge in [-0.25, -0.2) is 4.39 Å². The number of ether oxygens (including phenoxy) is 2. The fourth-order valence-corrected chi connectivity index (χ4v) is 6.81. The predicted molar refractivity (Wildman–Crippen MR) is 152 cm³/mol. The van der Waals surface area contributed by atoms with Crippen LogP contribution in [0.25, 0.3) is 0 Å². The van der Waals surface area contributed by atoms with E-state index in [2.05, 4.69) is 10.6 Å². The number of carbonyl (C=O) groups excluding carboxylic acids is 5. The Morgan fingerprint density at radius 1 is 1.26 bits per heavy atom. The molecule has 3 aliphatic heterocycles. The lowest BCUT2D eigenvalue weighted by molar-refractivity contribution is -0.151. The molecular formula is C30H40FN5O7. The van der Waals surface area contributed by atoms with Crippen LogP contribution in [0.15, 0.2) is 18.2 Å². The number of anilines is 1. The van der Waals surface area contributed by atoms with E-state index >= 15 is 0 Å². The Kier molecular flexibility index (Phi) is 8.14. The molecule has 0 unspecified atom stereocenters. The molecule has 0 bridgehead atoms. The van der Waals surface area contributed by atoms with Gasteiger partial charge in [-0.1, -0.05) is 27.7 Å². The molecule has 5 rings (SSSR count). The van der Waals surface area contributed by atoms with Crippen LogP contribution in [-0.2, 0) is 28.7 Å². The van der Waals surface area contributed by atoms with Gasteiger partial charge in [-0.2, -0.15) is 0 Å². The summed E-state index contributed by atoms with van der Waals surface area (Å²) in [6.45, 7) is 8.89. The SMILES string of the molecule is CC(C)[C@H](NC(=O)[C@H]1CCOC1)C(=O)N1C[C@H]2[C@@H]([C@H]1C(=O)N(C)[C@@H](C[C@@H]1Oc3ccc(F)cc3NC1=O)C(N)=O)C2(C)C. The Morgan fingerprint density at radius 3 is 2.60 bits per heavy atom. The molecule has 1 aliphatic carbocycles. The van der Waals surface area contributed by atoms with Gasteiger partial charge >= 0.3 is 0 Å². The molecule has 4 N–H and O–H groups in total. The number of hydrogen-bond donors (Lipinski definition) is 3. The van der Waals surface area contributed by atoms with Crippen LogP contribution in [0.2, 0.25) is 0 Å². The summed E-state index contributed by atoms with van der Waals surface area (Å²) in [7, 11) is 1.43. The van der Waals surface area contributed by atoms with Crippen molar-refractivity contribution in [1.82, 2.24) is 15.1 Å². The third kappa shape index (κ3) is 5.66. The number of primary amides is 1. The standard InChI is InChI=1S/C30H40FN5O7/c1-14(2)23(34-26(38)15-8-9-42-13-15)28(40)36-12-17-22(30(17,3)4)24(36)29(41)35(5)19(25(32)37)11-21-27(39)33-18-10-16(31)6-7-20(18)43-21/h6-7,10,14-15,17,19,21-24H,8-9,11-13H2,1-5H3,(H2,32,37)(H,33,39)(H,34,38)/t15-,17-,19-,21-,22-,23-,24-/m0/s1. The van der Waals surface area contributed by atoms with Gasteiger partial charge in [0.15, 0.2) is 6.10 Å². The van der Waals surface area contributed by atoms with Crippen LogP contribution in [-0.4, -0.2) is 90.4 Å². The monoisotopic (exact) mass is 601 g/mol. The predicted octanol–water partition coefficient (Wildman–Crippen LogP) is 0.888. The van der Waals surface area contributed by atoms with E-state index in [1.165, 1.54) is 29.0 Å². The molecule has 0 aromatic heterocycles. The Morgan fingerprint density at radius 2 is 1.98 bits per heavy atom. The van der Waals surface area contributed by atoms with Gasteiger partial charge in [0.2, 0.25) is 23.6 Å². The molecular weight excluding hydrogens is 561 g/mol. The molecule has 0 spiro atoms. The molecule has 4 aliphatic rings. The van der Waals surface area contributed by atoms with E-state index in [4.69, 9.17) is 15.2 Å². The van der Waals surface area contributed by atoms with Gasteiger partial charge in [-0.05, 0) is 41.7 Å². The van der Waals surface area contributed by atoms with Crippen molar-refractivity contribution >= 4 is 35.2 Å². The topological polar surface area (TPSA) is 160 Å². The number of carbonyl (C=O) groups is 5. The summed E-state index contributed by atoms with van der Waals surface area (Å²) in [4.78, 5) is 69.2. The largest absolute Gasteiger partial charge is 0.478 e. The molecule has 3 fully saturated rings. The fourth-order valence-electron chi connectivity index (χ4n) is 6.81. The first-order valence-corrected chi connectivity index (χ1v) is 14.7. The van der Waals surface area contributed by atoms with Gasteiger partial charge < -0.3 is 35.6 Å². The number of benzene rings is 1. The smallest absolute Gasteiger partial charge is 0.265 e. The lowest BCUT2D eigenvalue weighted by Gasteiger charge is -2.38. The van der Waals surface area contributed by atoms with Gasteiger partial charge in [0.05, 0.1) is 18.2 Å². The van der Waals surface area contributed by atoms with Gasteiger partial charge in [-0.3, -0.25) is 24.0 Å². The number of likely N-dealkylation sites (N-methyl/N-ethyl adjacent to an activating group) is 1. The third-order valence-electron chi connectivity index (χ3n) is 9.62. The molecule has 1 aromatic carbocycles. The molecule has 5 amide bonds. The second kappa shape index (κ2) is 11.4. The van der Waals surface area contributed by atoms with E-state index in [0.717, 1.165) is 6.07 Å². The Balaban J connectivity index is 1.34. The second-order valence-corrected chi connectivity index (χ2v) is 13.0. The second-order valence-electron chi connectivity index (χ2n) is 13.0. The number of fused-ring (bicyclic) bond motifs is 2. The van der Waals surface area contributed by atoms with Gasteiger partial charge in [0.25, 0.3) is 5.91 Å². The Labute approximate surface area is 249 Å². The summed E-state index contributed by atoms with van der Waals surface area (Å²) in [6, 6.07) is 0.724. The molecule has 7 atom stereocenters. The number of nitrogens with two attached hydrogens (primary N) is 1. The maximum Gasteiger partial charge on any atom is 0.265 e. The average Bonchev–Trinajstić information content (AvgIpc) is 3.40. The fraction of sp³-hybridized carbons (Fsp3) is 0.633. The van der Waals surface area contributed by atoms with E-state index in [9.17, 15) is 28.4 Å². The minimum Gasteiger partial charge on any atom is -0.478 e. The number of hydrogen-bond acceptors (Lipinski definition) is 7. The number of nitrogens with zero attached hydrogens (tertiary/aromatic N) is 2. The molecule has 234 valence electrons.